The maximum Gasteiger partial charge on any atom is 0.445 e. The summed E-state index contributed by atoms with van der Waals surface area (Å²) < 4.78 is 317. The average Bonchev–Trinajstić information content (AvgIpc) is 3.21. The number of hydrogen-bond acceptors (Lipinski definition) is 12. The van der Waals surface area contributed by atoms with Crippen molar-refractivity contribution in [1.82, 2.24) is 9.21 Å². The van der Waals surface area contributed by atoms with Crippen molar-refractivity contribution in [3.05, 3.63) is 107 Å². The topological polar surface area (TPSA) is 152 Å². The van der Waals surface area contributed by atoms with Crippen molar-refractivity contribution in [3.63, 3.8) is 0 Å². The Morgan fingerprint density at radius 1 is 0.545 bits per heavy atom. The summed E-state index contributed by atoms with van der Waals surface area (Å²) in [5, 5.41) is 0. The van der Waals surface area contributed by atoms with E-state index in [1.54, 1.807) is 0 Å². The number of hydrogen-bond donors (Lipinski definition) is 3. The molecule has 0 radical (unpaired) electrons. The van der Waals surface area contributed by atoms with Crippen molar-refractivity contribution < 1.29 is 120 Å². The van der Waals surface area contributed by atoms with E-state index in [-0.39, 0.29) is 22.8 Å². The molecule has 0 aliphatic carbocycles. The van der Waals surface area contributed by atoms with Gasteiger partial charge in [0.15, 0.2) is 5.75 Å². The molecule has 0 fully saturated rings. The van der Waals surface area contributed by atoms with Gasteiger partial charge in [0.1, 0.15) is 29.0 Å². The highest BCUT2D eigenvalue weighted by atomic mass is 31.3. The lowest BCUT2D eigenvalue weighted by Crippen LogP contribution is -2.37. The number of anilines is 3. The van der Waals surface area contributed by atoms with E-state index in [2.05, 4.69) is 18.4 Å². The largest absolute Gasteiger partial charge is 0.445 e. The Hall–Kier alpha value is -4.90. The van der Waals surface area contributed by atoms with E-state index in [1.807, 2.05) is 0 Å². The van der Waals surface area contributed by atoms with Crippen molar-refractivity contribution >= 4 is 41.6 Å². The Bertz CT molecular complexity index is 2380. The van der Waals surface area contributed by atoms with E-state index < -0.39 is 153 Å². The zero-order chi connectivity index (χ0) is 50.0. The third-order valence-electron chi connectivity index (χ3n) is 6.94. The van der Waals surface area contributed by atoms with Gasteiger partial charge in [-0.2, -0.15) is 57.2 Å². The van der Waals surface area contributed by atoms with Gasteiger partial charge in [0.25, 0.3) is 19.1 Å². The lowest BCUT2D eigenvalue weighted by Gasteiger charge is -2.44. The Kier molecular flexibility index (Phi) is 16.7. The van der Waals surface area contributed by atoms with Gasteiger partial charge in [0.05, 0.1) is 17.1 Å². The van der Waals surface area contributed by atoms with Crippen LogP contribution in [-0.2, 0) is 13.9 Å². The Labute approximate surface area is 354 Å². The number of benzene rings is 3. The molecule has 1 heterocycles. The molecule has 66 heavy (non-hydrogen) atoms. The predicted molar refractivity (Wildman–Crippen MR) is 185 cm³/mol. The van der Waals surface area contributed by atoms with Crippen molar-refractivity contribution in [2.75, 3.05) is 17.2 Å². The van der Waals surface area contributed by atoms with Gasteiger partial charge in [-0.3, -0.25) is 9.05 Å². The minimum Gasteiger partial charge on any atom is -0.441 e. The highest BCUT2D eigenvalue weighted by Gasteiger charge is 2.60. The van der Waals surface area contributed by atoms with Crippen LogP contribution in [0.1, 0.15) is 0 Å². The molecular formula is C30H18F21N6O6P3. The van der Waals surface area contributed by atoms with Gasteiger partial charge in [-0.25, -0.2) is 44.4 Å². The van der Waals surface area contributed by atoms with Gasteiger partial charge in [-0.1, -0.05) is 0 Å². The van der Waals surface area contributed by atoms with Crippen LogP contribution in [0.5, 0.6) is 17.2 Å². The zero-order valence-electron chi connectivity index (χ0n) is 30.7. The van der Waals surface area contributed by atoms with E-state index in [9.17, 15) is 79.0 Å². The number of rotatable bonds is 15. The quantitative estimate of drug-likeness (QED) is 0.0758. The second-order valence-corrected chi connectivity index (χ2v) is 17.2. The molecule has 0 amide bonds. The maximum absolute atomic E-state index is 15.6. The highest BCUT2D eigenvalue weighted by molar-refractivity contribution is 7.78. The van der Waals surface area contributed by atoms with Gasteiger partial charge in [-0.15, -0.1) is 0 Å². The van der Waals surface area contributed by atoms with E-state index in [0.29, 0.717) is 36.4 Å². The molecule has 5 atom stereocenters. The highest BCUT2D eigenvalue weighted by Crippen LogP contribution is 2.80. The number of allylic oxidation sites excluding steroid dienone is 3. The van der Waals surface area contributed by atoms with E-state index in [4.69, 9.17) is 31.1 Å². The molecule has 5 unspecified atom stereocenters. The molecular weight excluding hydrogens is 1030 g/mol. The first kappa shape index (κ1) is 53.7. The zero-order valence-corrected chi connectivity index (χ0v) is 33.4. The summed E-state index contributed by atoms with van der Waals surface area (Å²) in [5.74, 6) is -31.8. The summed E-state index contributed by atoms with van der Waals surface area (Å²) in [7, 11) is -16.2. The van der Waals surface area contributed by atoms with Gasteiger partial charge in [0.2, 0.25) is 35.0 Å². The molecule has 3 aromatic carbocycles. The van der Waals surface area contributed by atoms with Crippen LogP contribution in [0, 0.1) is 17.5 Å². The van der Waals surface area contributed by atoms with Crippen molar-refractivity contribution in [2.45, 2.75) is 37.6 Å². The molecule has 0 bridgehead atoms. The third kappa shape index (κ3) is 12.7. The van der Waals surface area contributed by atoms with E-state index in [0.717, 1.165) is 0 Å². The van der Waals surface area contributed by atoms with Crippen LogP contribution in [-0.4, -0.2) is 46.8 Å². The number of nitrogens with zero attached hydrogens (tertiary/aromatic N) is 3. The van der Waals surface area contributed by atoms with Crippen molar-refractivity contribution in [2.24, 2.45) is 4.52 Å². The summed E-state index contributed by atoms with van der Waals surface area (Å²) in [6, 6.07) is 4.20. The summed E-state index contributed by atoms with van der Waals surface area (Å²) >= 11 is 0. The molecule has 36 heteroatoms. The number of alkyl halides is 12. The van der Waals surface area contributed by atoms with E-state index >= 15 is 13.2 Å². The maximum atomic E-state index is 15.6. The van der Waals surface area contributed by atoms with Crippen LogP contribution in [0.15, 0.2) is 94.1 Å². The fourth-order valence-electron chi connectivity index (χ4n) is 3.98. The van der Waals surface area contributed by atoms with Gasteiger partial charge in [0, 0.05) is 22.8 Å². The lowest BCUT2D eigenvalue weighted by atomic mass is 10.3. The summed E-state index contributed by atoms with van der Waals surface area (Å²) in [6.07, 6.45) is -34.6. The summed E-state index contributed by atoms with van der Waals surface area (Å²) in [4.78, 5) is 9.54. The van der Waals surface area contributed by atoms with Gasteiger partial charge in [-0.05, 0) is 41.0 Å². The molecule has 1 aliphatic rings. The fraction of sp³-hybridized carbons (Fsp3) is 0.200. The smallest absolute Gasteiger partial charge is 0.441 e. The Balaban J connectivity index is 2.25. The Morgan fingerprint density at radius 2 is 0.894 bits per heavy atom. The summed E-state index contributed by atoms with van der Waals surface area (Å²) in [6.45, 7) is 0. The summed E-state index contributed by atoms with van der Waals surface area (Å²) in [5.41, 5.74) is 13.9. The predicted octanol–water partition coefficient (Wildman–Crippen LogP) is 13.3. The minimum absolute atomic E-state index is 0.137. The Morgan fingerprint density at radius 3 is 1.27 bits per heavy atom. The van der Waals surface area contributed by atoms with E-state index in [1.165, 1.54) is 0 Å². The molecule has 6 N–H and O–H groups in total. The normalized spacial score (nSPS) is 21.5. The molecule has 1 aliphatic heterocycles. The fourth-order valence-corrected chi connectivity index (χ4v) is 11.4. The minimum atomic E-state index is -7.27. The standard InChI is InChI=1S/C30H18F21N6O6P3/c31-13-7-10(1-4-16(13)52)58-56-64(60-11-2-5-17(53)14(32)8-11)55-66(62-26(41)20(35)23(38)29(46,47)48,63-27(42)21(36)24(39)30(49,50)51)57(59-25(40)19(34)22(37)28(43,44)45)65(56)61-12-3-6-18(54)15(33)9-12/h1-9,25-27H,52-54H2. The lowest BCUT2D eigenvalue weighted by molar-refractivity contribution is -0.160. The monoisotopic (exact) mass is 1050 g/mol. The molecule has 0 saturated heterocycles. The van der Waals surface area contributed by atoms with Crippen molar-refractivity contribution in [3.8, 4) is 17.2 Å². The molecule has 366 valence electrons. The third-order valence-corrected chi connectivity index (χ3v) is 13.8. The number of halogens is 21. The first-order valence-corrected chi connectivity index (χ1v) is 20.0. The van der Waals surface area contributed by atoms with Crippen molar-refractivity contribution in [1.29, 1.82) is 0 Å². The molecule has 12 nitrogen and oxygen atoms in total. The molecule has 4 rings (SSSR count). The first-order chi connectivity index (χ1) is 30.3. The van der Waals surface area contributed by atoms with Crippen LogP contribution in [0.25, 0.3) is 0 Å². The van der Waals surface area contributed by atoms with Gasteiger partial charge >= 0.3 is 43.1 Å². The number of nitrogens with two attached hydrogens (primary N) is 3. The average molecular weight is 1050 g/mol. The second kappa shape index (κ2) is 20.5. The SMILES string of the molecule is Nc1ccc(ON2P(Oc3ccc(N)c(F)c3)N=P(OC(F)C(F)=C(F)C(F)(F)F)(OC(F)C(F)=C(F)C(F)(F)F)N(OC(F)C(F)=C(F)C(F)(F)F)P2Oc2ccc(N)c(F)c2)cc1F. The van der Waals surface area contributed by atoms with Crippen LogP contribution in [0.4, 0.5) is 109 Å². The molecule has 0 spiro atoms. The van der Waals surface area contributed by atoms with Crippen LogP contribution in [0.2, 0.25) is 0 Å². The first-order valence-electron chi connectivity index (χ1n) is 16.1. The van der Waals surface area contributed by atoms with Gasteiger partial charge < -0.3 is 31.1 Å². The molecule has 3 aromatic rings. The molecule has 0 saturated carbocycles. The van der Waals surface area contributed by atoms with Crippen LogP contribution >= 0.6 is 24.6 Å². The van der Waals surface area contributed by atoms with Crippen LogP contribution < -0.4 is 31.1 Å². The van der Waals surface area contributed by atoms with Crippen LogP contribution in [0.3, 0.4) is 0 Å². The number of nitrogen functional groups attached to an aromatic ring is 3. The second-order valence-electron chi connectivity index (χ2n) is 11.7. The molecule has 0 aromatic heterocycles.